The minimum atomic E-state index is -0.487. The molecular weight excluding hydrogens is 235 g/mol. The van der Waals surface area contributed by atoms with E-state index >= 15 is 0 Å². The number of hydrogen-bond acceptors (Lipinski definition) is 5. The molecule has 0 amide bonds. The van der Waals surface area contributed by atoms with E-state index in [9.17, 15) is 4.39 Å². The average Bonchev–Trinajstić information content (AvgIpc) is 2.86. The highest BCUT2D eigenvalue weighted by Gasteiger charge is 2.03. The van der Waals surface area contributed by atoms with E-state index in [0.29, 0.717) is 6.54 Å². The van der Waals surface area contributed by atoms with E-state index in [1.165, 1.54) is 0 Å². The number of nitrogen functional groups attached to an aromatic ring is 1. The summed E-state index contributed by atoms with van der Waals surface area (Å²) in [6.07, 6.45) is 8.39. The number of aromatic nitrogens is 4. The maximum Gasteiger partial charge on any atom is 0.222 e. The molecule has 0 fully saturated rings. The van der Waals surface area contributed by atoms with Gasteiger partial charge in [0.1, 0.15) is 0 Å². The summed E-state index contributed by atoms with van der Waals surface area (Å²) in [7, 11) is 0. The lowest BCUT2D eigenvalue weighted by Gasteiger charge is -2.07. The molecule has 2 rings (SSSR count). The molecule has 7 heteroatoms. The maximum absolute atomic E-state index is 13.2. The van der Waals surface area contributed by atoms with E-state index in [0.717, 1.165) is 25.6 Å². The van der Waals surface area contributed by atoms with Crippen molar-refractivity contribution >= 4 is 11.8 Å². The number of hydrogen-bond donors (Lipinski definition) is 2. The number of anilines is 2. The van der Waals surface area contributed by atoms with Gasteiger partial charge in [0, 0.05) is 25.5 Å². The summed E-state index contributed by atoms with van der Waals surface area (Å²) < 4.78 is 15.2. The molecule has 0 aromatic carbocycles. The number of unbranched alkanes of at least 4 members (excludes halogenated alkanes) is 1. The van der Waals surface area contributed by atoms with Gasteiger partial charge in [0.15, 0.2) is 11.6 Å². The summed E-state index contributed by atoms with van der Waals surface area (Å²) in [6.45, 7) is 1.54. The van der Waals surface area contributed by atoms with Crippen molar-refractivity contribution in [1.29, 1.82) is 0 Å². The van der Waals surface area contributed by atoms with Crippen molar-refractivity contribution in [2.24, 2.45) is 0 Å². The van der Waals surface area contributed by atoms with Crippen LogP contribution in [0.5, 0.6) is 0 Å². The van der Waals surface area contributed by atoms with Gasteiger partial charge < -0.3 is 15.6 Å². The third-order valence-corrected chi connectivity index (χ3v) is 2.46. The first kappa shape index (κ1) is 12.3. The minimum Gasteiger partial charge on any atom is -0.368 e. The molecule has 0 atom stereocenters. The van der Waals surface area contributed by atoms with Crippen LogP contribution in [0, 0.1) is 5.82 Å². The normalized spacial score (nSPS) is 10.5. The van der Waals surface area contributed by atoms with Crippen LogP contribution in [-0.4, -0.2) is 26.1 Å². The van der Waals surface area contributed by atoms with E-state index in [1.54, 1.807) is 12.5 Å². The van der Waals surface area contributed by atoms with Gasteiger partial charge in [-0.05, 0) is 12.8 Å². The fourth-order valence-corrected chi connectivity index (χ4v) is 1.55. The van der Waals surface area contributed by atoms with Crippen molar-refractivity contribution in [2.75, 3.05) is 17.6 Å². The van der Waals surface area contributed by atoms with Gasteiger partial charge in [0.2, 0.25) is 5.95 Å². The summed E-state index contributed by atoms with van der Waals surface area (Å²) in [5.74, 6) is -0.263. The first-order valence-electron chi connectivity index (χ1n) is 5.73. The molecular formula is C11H15FN6. The Kier molecular flexibility index (Phi) is 4.06. The molecule has 6 nitrogen and oxygen atoms in total. The minimum absolute atomic E-state index is 0.0670. The van der Waals surface area contributed by atoms with Crippen molar-refractivity contribution in [3.63, 3.8) is 0 Å². The quantitative estimate of drug-likeness (QED) is 0.755. The molecule has 2 heterocycles. The molecule has 0 aliphatic heterocycles. The van der Waals surface area contributed by atoms with Gasteiger partial charge in [-0.15, -0.1) is 0 Å². The van der Waals surface area contributed by atoms with Crippen LogP contribution >= 0.6 is 0 Å². The SMILES string of the molecule is Nc1ncc(F)c(NCCCCn2ccnc2)n1. The second-order valence-corrected chi connectivity index (χ2v) is 3.86. The largest absolute Gasteiger partial charge is 0.368 e. The number of halogens is 1. The van der Waals surface area contributed by atoms with Crippen LogP contribution in [0.15, 0.2) is 24.9 Å². The van der Waals surface area contributed by atoms with Crippen LogP contribution in [0.2, 0.25) is 0 Å². The Balaban J connectivity index is 1.70. The molecule has 18 heavy (non-hydrogen) atoms. The maximum atomic E-state index is 13.2. The summed E-state index contributed by atoms with van der Waals surface area (Å²) in [6, 6.07) is 0. The van der Waals surface area contributed by atoms with Crippen molar-refractivity contribution in [2.45, 2.75) is 19.4 Å². The monoisotopic (exact) mass is 250 g/mol. The number of imidazole rings is 1. The highest BCUT2D eigenvalue weighted by atomic mass is 19.1. The fraction of sp³-hybridized carbons (Fsp3) is 0.364. The molecule has 2 aromatic heterocycles. The molecule has 0 aliphatic carbocycles. The number of nitrogens with two attached hydrogens (primary N) is 1. The van der Waals surface area contributed by atoms with E-state index in [1.807, 2.05) is 10.8 Å². The second kappa shape index (κ2) is 5.95. The van der Waals surface area contributed by atoms with E-state index in [-0.39, 0.29) is 11.8 Å². The molecule has 96 valence electrons. The Morgan fingerprint density at radius 2 is 2.28 bits per heavy atom. The first-order valence-corrected chi connectivity index (χ1v) is 5.73. The number of nitrogens with zero attached hydrogens (tertiary/aromatic N) is 4. The molecule has 0 spiro atoms. The van der Waals surface area contributed by atoms with E-state index in [2.05, 4.69) is 20.3 Å². The lowest BCUT2D eigenvalue weighted by Crippen LogP contribution is -2.08. The van der Waals surface area contributed by atoms with Gasteiger partial charge in [-0.3, -0.25) is 0 Å². The van der Waals surface area contributed by atoms with Gasteiger partial charge in [0.25, 0.3) is 0 Å². The van der Waals surface area contributed by atoms with Crippen molar-refractivity contribution in [3.8, 4) is 0 Å². The van der Waals surface area contributed by atoms with Crippen LogP contribution in [0.1, 0.15) is 12.8 Å². The average molecular weight is 250 g/mol. The molecule has 0 saturated heterocycles. The summed E-state index contributed by atoms with van der Waals surface area (Å²) in [4.78, 5) is 11.3. The van der Waals surface area contributed by atoms with E-state index in [4.69, 9.17) is 5.73 Å². The zero-order valence-corrected chi connectivity index (χ0v) is 9.88. The lowest BCUT2D eigenvalue weighted by molar-refractivity contribution is 0.606. The fourth-order valence-electron chi connectivity index (χ4n) is 1.55. The third kappa shape index (κ3) is 3.41. The Morgan fingerprint density at radius 1 is 1.39 bits per heavy atom. The van der Waals surface area contributed by atoms with Crippen LogP contribution < -0.4 is 11.1 Å². The van der Waals surface area contributed by atoms with Gasteiger partial charge in [-0.25, -0.2) is 14.4 Å². The first-order chi connectivity index (χ1) is 8.75. The predicted octanol–water partition coefficient (Wildman–Crippen LogP) is 1.29. The van der Waals surface area contributed by atoms with Crippen LogP contribution in [-0.2, 0) is 6.54 Å². The van der Waals surface area contributed by atoms with Crippen LogP contribution in [0.25, 0.3) is 0 Å². The highest BCUT2D eigenvalue weighted by Crippen LogP contribution is 2.10. The van der Waals surface area contributed by atoms with Gasteiger partial charge >= 0.3 is 0 Å². The predicted molar refractivity (Wildman–Crippen MR) is 66.4 cm³/mol. The summed E-state index contributed by atoms with van der Waals surface area (Å²) >= 11 is 0. The smallest absolute Gasteiger partial charge is 0.222 e. The lowest BCUT2D eigenvalue weighted by atomic mass is 10.3. The zero-order chi connectivity index (χ0) is 12.8. The molecule has 0 radical (unpaired) electrons. The van der Waals surface area contributed by atoms with Crippen LogP contribution in [0.3, 0.4) is 0 Å². The standard InChI is InChI=1S/C11H15FN6/c12-9-7-16-11(13)17-10(9)15-3-1-2-5-18-6-4-14-8-18/h4,6-8H,1-3,5H2,(H3,13,15,16,17). The zero-order valence-electron chi connectivity index (χ0n) is 9.88. The second-order valence-electron chi connectivity index (χ2n) is 3.86. The van der Waals surface area contributed by atoms with E-state index < -0.39 is 5.82 Å². The van der Waals surface area contributed by atoms with Crippen molar-refractivity contribution < 1.29 is 4.39 Å². The summed E-state index contributed by atoms with van der Waals surface area (Å²) in [5, 5.41) is 2.90. The molecule has 0 unspecified atom stereocenters. The Morgan fingerprint density at radius 3 is 3.06 bits per heavy atom. The Labute approximate surface area is 104 Å². The van der Waals surface area contributed by atoms with Crippen molar-refractivity contribution in [1.82, 2.24) is 19.5 Å². The molecule has 2 aromatic rings. The molecule has 0 saturated carbocycles. The number of rotatable bonds is 6. The third-order valence-electron chi connectivity index (χ3n) is 2.46. The number of aryl methyl sites for hydroxylation is 1. The van der Waals surface area contributed by atoms with Gasteiger partial charge in [-0.2, -0.15) is 4.98 Å². The Hall–Kier alpha value is -2.18. The van der Waals surface area contributed by atoms with Crippen molar-refractivity contribution in [3.05, 3.63) is 30.7 Å². The van der Waals surface area contributed by atoms with Gasteiger partial charge in [-0.1, -0.05) is 0 Å². The highest BCUT2D eigenvalue weighted by molar-refractivity contribution is 5.38. The summed E-state index contributed by atoms with van der Waals surface area (Å²) in [5.41, 5.74) is 5.38. The number of nitrogens with one attached hydrogen (secondary N) is 1. The molecule has 0 aliphatic rings. The Bertz CT molecular complexity index is 484. The molecule has 0 bridgehead atoms. The van der Waals surface area contributed by atoms with Gasteiger partial charge in [0.05, 0.1) is 12.5 Å². The topological polar surface area (TPSA) is 81.6 Å². The van der Waals surface area contributed by atoms with Crippen LogP contribution in [0.4, 0.5) is 16.2 Å². The molecule has 3 N–H and O–H groups in total.